The first-order valence-electron chi connectivity index (χ1n) is 5.82. The van der Waals surface area contributed by atoms with Crippen molar-refractivity contribution < 1.29 is 9.90 Å². The van der Waals surface area contributed by atoms with Crippen LogP contribution in [-0.2, 0) is 10.4 Å². The van der Waals surface area contributed by atoms with Crippen molar-refractivity contribution in [1.29, 1.82) is 0 Å². The van der Waals surface area contributed by atoms with Crippen molar-refractivity contribution in [3.63, 3.8) is 0 Å². The zero-order valence-electron chi connectivity index (χ0n) is 10.5. The highest BCUT2D eigenvalue weighted by molar-refractivity contribution is 7.10. The minimum absolute atomic E-state index is 0.195. The van der Waals surface area contributed by atoms with Crippen molar-refractivity contribution in [2.75, 3.05) is 6.54 Å². The summed E-state index contributed by atoms with van der Waals surface area (Å²) in [5.74, 6) is -0.206. The zero-order valence-corrected chi connectivity index (χ0v) is 12.1. The van der Waals surface area contributed by atoms with Crippen molar-refractivity contribution in [2.24, 2.45) is 0 Å². The molecule has 0 aromatic carbocycles. The second-order valence-electron chi connectivity index (χ2n) is 4.36. The fourth-order valence-electron chi connectivity index (χ4n) is 1.53. The number of amides is 1. The molecule has 1 amide bonds. The van der Waals surface area contributed by atoms with Crippen LogP contribution >= 0.6 is 22.7 Å². The molecule has 19 heavy (non-hydrogen) atoms. The molecular weight excluding hydrogens is 278 g/mol. The summed E-state index contributed by atoms with van der Waals surface area (Å²) < 4.78 is 0. The largest absolute Gasteiger partial charge is 0.383 e. The van der Waals surface area contributed by atoms with Gasteiger partial charge in [-0.2, -0.15) is 11.3 Å². The van der Waals surface area contributed by atoms with Crippen molar-refractivity contribution in [3.05, 3.63) is 50.9 Å². The Morgan fingerprint density at radius 3 is 2.95 bits per heavy atom. The Balaban J connectivity index is 1.87. The summed E-state index contributed by atoms with van der Waals surface area (Å²) >= 11 is 3.06. The van der Waals surface area contributed by atoms with Crippen LogP contribution in [0.25, 0.3) is 6.08 Å². The van der Waals surface area contributed by atoms with Gasteiger partial charge in [-0.3, -0.25) is 4.79 Å². The van der Waals surface area contributed by atoms with E-state index in [0.29, 0.717) is 0 Å². The Hall–Kier alpha value is -1.43. The Morgan fingerprint density at radius 2 is 2.32 bits per heavy atom. The smallest absolute Gasteiger partial charge is 0.244 e. The van der Waals surface area contributed by atoms with Crippen LogP contribution in [0.5, 0.6) is 0 Å². The number of carbonyl (C=O) groups is 1. The number of hydrogen-bond donors (Lipinski definition) is 2. The molecule has 3 nitrogen and oxygen atoms in total. The molecule has 2 N–H and O–H groups in total. The normalized spacial score (nSPS) is 14.4. The first-order valence-corrected chi connectivity index (χ1v) is 7.65. The molecule has 1 atom stereocenters. The van der Waals surface area contributed by atoms with Crippen LogP contribution in [0.15, 0.2) is 40.4 Å². The number of nitrogens with one attached hydrogen (secondary N) is 1. The van der Waals surface area contributed by atoms with E-state index < -0.39 is 5.60 Å². The van der Waals surface area contributed by atoms with Gasteiger partial charge in [0.2, 0.25) is 5.91 Å². The second-order valence-corrected chi connectivity index (χ2v) is 6.09. The van der Waals surface area contributed by atoms with Crippen LogP contribution in [0.1, 0.15) is 17.4 Å². The molecule has 2 aromatic heterocycles. The van der Waals surface area contributed by atoms with Crippen LogP contribution < -0.4 is 5.32 Å². The van der Waals surface area contributed by atoms with E-state index in [-0.39, 0.29) is 12.5 Å². The van der Waals surface area contributed by atoms with Gasteiger partial charge in [0.25, 0.3) is 0 Å². The molecule has 2 aromatic rings. The van der Waals surface area contributed by atoms with Crippen LogP contribution in [0.4, 0.5) is 0 Å². The molecule has 0 saturated heterocycles. The van der Waals surface area contributed by atoms with Crippen LogP contribution in [0, 0.1) is 0 Å². The summed E-state index contributed by atoms with van der Waals surface area (Å²) in [6.45, 7) is 1.89. The molecular formula is C14H15NO2S2. The molecule has 0 radical (unpaired) electrons. The molecule has 0 fully saturated rings. The van der Waals surface area contributed by atoms with Gasteiger partial charge in [0.1, 0.15) is 5.60 Å². The van der Waals surface area contributed by atoms with Gasteiger partial charge in [-0.15, -0.1) is 11.3 Å². The summed E-state index contributed by atoms with van der Waals surface area (Å²) in [5.41, 5.74) is -0.0229. The van der Waals surface area contributed by atoms with Crippen molar-refractivity contribution >= 4 is 34.7 Å². The van der Waals surface area contributed by atoms with Gasteiger partial charge in [-0.25, -0.2) is 0 Å². The minimum Gasteiger partial charge on any atom is -0.383 e. The lowest BCUT2D eigenvalue weighted by molar-refractivity contribution is -0.117. The molecule has 1 unspecified atom stereocenters. The minimum atomic E-state index is -1.03. The summed E-state index contributed by atoms with van der Waals surface area (Å²) in [4.78, 5) is 12.5. The van der Waals surface area contributed by atoms with Gasteiger partial charge in [-0.1, -0.05) is 6.07 Å². The van der Waals surface area contributed by atoms with E-state index in [1.165, 1.54) is 17.4 Å². The predicted octanol–water partition coefficient (Wildman–Crippen LogP) is 2.85. The highest BCUT2D eigenvalue weighted by Gasteiger charge is 2.24. The van der Waals surface area contributed by atoms with E-state index in [9.17, 15) is 9.90 Å². The van der Waals surface area contributed by atoms with Gasteiger partial charge in [0.15, 0.2) is 0 Å². The van der Waals surface area contributed by atoms with E-state index >= 15 is 0 Å². The topological polar surface area (TPSA) is 49.3 Å². The van der Waals surface area contributed by atoms with Crippen molar-refractivity contribution in [3.8, 4) is 0 Å². The Bertz CT molecular complexity index is 542. The van der Waals surface area contributed by atoms with E-state index in [2.05, 4.69) is 5.32 Å². The lowest BCUT2D eigenvalue weighted by Gasteiger charge is -2.21. The molecule has 100 valence electrons. The summed E-state index contributed by atoms with van der Waals surface area (Å²) in [6, 6.07) is 5.68. The Morgan fingerprint density at radius 1 is 1.47 bits per heavy atom. The third-order valence-electron chi connectivity index (χ3n) is 2.63. The molecule has 2 heterocycles. The molecule has 0 aliphatic heterocycles. The van der Waals surface area contributed by atoms with Gasteiger partial charge in [-0.05, 0) is 46.8 Å². The van der Waals surface area contributed by atoms with Crippen LogP contribution in [0.2, 0.25) is 0 Å². The maximum absolute atomic E-state index is 11.7. The highest BCUT2D eigenvalue weighted by atomic mass is 32.1. The average molecular weight is 293 g/mol. The molecule has 0 aliphatic rings. The quantitative estimate of drug-likeness (QED) is 0.833. The highest BCUT2D eigenvalue weighted by Crippen LogP contribution is 2.24. The number of rotatable bonds is 5. The van der Waals surface area contributed by atoms with Crippen molar-refractivity contribution in [2.45, 2.75) is 12.5 Å². The summed E-state index contributed by atoms with van der Waals surface area (Å²) in [7, 11) is 0. The van der Waals surface area contributed by atoms with Crippen LogP contribution in [0.3, 0.4) is 0 Å². The van der Waals surface area contributed by atoms with Gasteiger partial charge in [0, 0.05) is 11.0 Å². The maximum Gasteiger partial charge on any atom is 0.244 e. The number of carbonyl (C=O) groups excluding carboxylic acids is 1. The van der Waals surface area contributed by atoms with Crippen LogP contribution in [-0.4, -0.2) is 17.6 Å². The molecule has 2 rings (SSSR count). The lowest BCUT2D eigenvalue weighted by atomic mass is 10.1. The predicted molar refractivity (Wildman–Crippen MR) is 80.3 cm³/mol. The van der Waals surface area contributed by atoms with Crippen molar-refractivity contribution in [1.82, 2.24) is 5.32 Å². The van der Waals surface area contributed by atoms with Gasteiger partial charge < -0.3 is 10.4 Å². The summed E-state index contributed by atoms with van der Waals surface area (Å²) in [5, 5.41) is 18.8. The van der Waals surface area contributed by atoms with E-state index in [0.717, 1.165) is 10.4 Å². The van der Waals surface area contributed by atoms with E-state index in [1.54, 1.807) is 24.3 Å². The van der Waals surface area contributed by atoms with Gasteiger partial charge >= 0.3 is 0 Å². The molecule has 5 heteroatoms. The molecule has 0 aliphatic carbocycles. The monoisotopic (exact) mass is 293 g/mol. The molecule has 0 saturated carbocycles. The fraction of sp³-hybridized carbons (Fsp3) is 0.214. The molecule has 0 bridgehead atoms. The molecule has 0 spiro atoms. The van der Waals surface area contributed by atoms with Gasteiger partial charge in [0.05, 0.1) is 6.54 Å². The number of thiophene rings is 2. The lowest BCUT2D eigenvalue weighted by Crippen LogP contribution is -2.37. The van der Waals surface area contributed by atoms with E-state index in [1.807, 2.05) is 34.3 Å². The van der Waals surface area contributed by atoms with E-state index in [4.69, 9.17) is 0 Å². The third-order valence-corrected chi connectivity index (χ3v) is 4.45. The number of hydrogen-bond acceptors (Lipinski definition) is 4. The first kappa shape index (κ1) is 14.0. The second kappa shape index (κ2) is 6.14. The maximum atomic E-state index is 11.7. The Labute approximate surface area is 120 Å². The zero-order chi connectivity index (χ0) is 13.7. The first-order chi connectivity index (χ1) is 9.08. The summed E-state index contributed by atoms with van der Waals surface area (Å²) in [6.07, 6.45) is 3.23. The Kier molecular flexibility index (Phi) is 4.52. The third kappa shape index (κ3) is 4.02. The average Bonchev–Trinajstić information content (AvgIpc) is 3.06. The number of aliphatic hydroxyl groups is 1. The standard InChI is InChI=1S/C14H15NO2S2/c1-14(17,12-3-2-7-19-12)10-15-13(16)5-4-11-6-8-18-9-11/h2-9,17H,10H2,1H3,(H,15,16)/b5-4+. The fourth-order valence-corrected chi connectivity index (χ4v) is 2.95. The SMILES string of the molecule is CC(O)(CNC(=O)/C=C/c1ccsc1)c1cccs1.